The number of benzene rings is 16. The number of fused-ring (bicyclic) bond motifs is 15. The van der Waals surface area contributed by atoms with Crippen LogP contribution < -0.4 is 4.90 Å². The van der Waals surface area contributed by atoms with Gasteiger partial charge in [0.15, 0.2) is 17.5 Å². The van der Waals surface area contributed by atoms with Gasteiger partial charge in [0.2, 0.25) is 0 Å². The number of aromatic nitrogens is 4. The standard InChI is InChI=1S/C86H55N5/c1-86(2)81-70(44-43-69-67-32-13-12-30-65(67)66-31-14-15-33-68(66)79(69)81)71-45-48-76-80(82(71)86)73-51-58(39-47-75(73)91(76)61-29-17-26-59(50-61)85-88-83(55-19-6-3-7-20-55)87-84(89-85)56-21-8-4-9-22-56)63-34-18-25-57-49-62(40-42-64(57)63)90(60-27-10-5-11-28-60)74-46-38-54-36-35-52-23-16-24-53-37-41-72(74)78(54)77(52)53/h3-51H,1-2H3. The van der Waals surface area contributed by atoms with Crippen molar-refractivity contribution in [2.75, 3.05) is 4.90 Å². The van der Waals surface area contributed by atoms with E-state index in [2.05, 4.69) is 284 Å². The zero-order valence-corrected chi connectivity index (χ0v) is 50.0. The van der Waals surface area contributed by atoms with Crippen molar-refractivity contribution in [1.82, 2.24) is 19.5 Å². The molecule has 0 N–H and O–H groups in total. The van der Waals surface area contributed by atoms with E-state index in [4.69, 9.17) is 15.0 Å². The van der Waals surface area contributed by atoms with Crippen LogP contribution in [0.5, 0.6) is 0 Å². The minimum absolute atomic E-state index is 0.409. The Morgan fingerprint density at radius 3 is 1.52 bits per heavy atom. The highest BCUT2D eigenvalue weighted by atomic mass is 15.1. The second-order valence-corrected chi connectivity index (χ2v) is 25.0. The van der Waals surface area contributed by atoms with Crippen LogP contribution in [0.25, 0.3) is 159 Å². The molecular formula is C86H55N5. The van der Waals surface area contributed by atoms with Gasteiger partial charge in [-0.05, 0) is 164 Å². The summed E-state index contributed by atoms with van der Waals surface area (Å²) in [6.45, 7) is 4.93. The SMILES string of the molecule is CC1(C)c2c(ccc3c4ccccc4c4ccccc4c23)-c2ccc3c(c21)c1cc(-c2cccc4cc(N(c5ccccc5)c5ccc6ccc7cccc8ccc5c6c78)ccc24)ccc1n3-c1cccc(-c2nc(-c3ccccc3)nc(-c3ccccc3)n2)c1. The van der Waals surface area contributed by atoms with Crippen molar-refractivity contribution in [3.8, 4) is 62.1 Å². The van der Waals surface area contributed by atoms with Gasteiger partial charge >= 0.3 is 0 Å². The Labute approximate surface area is 525 Å². The molecule has 0 fully saturated rings. The van der Waals surface area contributed by atoms with Crippen molar-refractivity contribution in [3.63, 3.8) is 0 Å². The van der Waals surface area contributed by atoms with Crippen LogP contribution in [0.4, 0.5) is 17.1 Å². The molecule has 0 saturated carbocycles. The first-order valence-corrected chi connectivity index (χ1v) is 31.4. The van der Waals surface area contributed by atoms with Crippen molar-refractivity contribution >= 4 is 114 Å². The molecule has 18 aromatic rings. The number of anilines is 3. The molecule has 5 heteroatoms. The number of nitrogens with zero attached hydrogens (tertiary/aromatic N) is 5. The maximum atomic E-state index is 5.21. The number of rotatable bonds is 8. The molecule has 0 aliphatic heterocycles. The van der Waals surface area contributed by atoms with Gasteiger partial charge in [0.25, 0.3) is 0 Å². The van der Waals surface area contributed by atoms with E-state index in [1.807, 2.05) is 36.4 Å². The molecule has 424 valence electrons. The third-order valence-electron chi connectivity index (χ3n) is 19.6. The van der Waals surface area contributed by atoms with Crippen LogP contribution in [0, 0.1) is 0 Å². The fourth-order valence-electron chi connectivity index (χ4n) is 15.7. The minimum Gasteiger partial charge on any atom is -0.310 e. The molecule has 19 rings (SSSR count). The van der Waals surface area contributed by atoms with Crippen LogP contribution in [-0.4, -0.2) is 19.5 Å². The predicted octanol–water partition coefficient (Wildman–Crippen LogP) is 22.9. The molecule has 2 heterocycles. The first-order chi connectivity index (χ1) is 44.9. The Hall–Kier alpha value is -11.8. The van der Waals surface area contributed by atoms with Crippen molar-refractivity contribution < 1.29 is 0 Å². The lowest BCUT2D eigenvalue weighted by atomic mass is 9.77. The van der Waals surface area contributed by atoms with Gasteiger partial charge in [-0.2, -0.15) is 0 Å². The molecule has 1 aliphatic rings. The molecule has 0 spiro atoms. The zero-order chi connectivity index (χ0) is 60.1. The van der Waals surface area contributed by atoms with Gasteiger partial charge in [-0.3, -0.25) is 0 Å². The van der Waals surface area contributed by atoms with Crippen molar-refractivity contribution in [1.29, 1.82) is 0 Å². The number of hydrogen-bond acceptors (Lipinski definition) is 4. The van der Waals surface area contributed by atoms with Crippen LogP contribution in [0.1, 0.15) is 25.0 Å². The fourth-order valence-corrected chi connectivity index (χ4v) is 15.7. The van der Waals surface area contributed by atoms with Crippen LogP contribution >= 0.6 is 0 Å². The van der Waals surface area contributed by atoms with Crippen LogP contribution in [0.2, 0.25) is 0 Å². The molecule has 0 amide bonds. The van der Waals surface area contributed by atoms with Gasteiger partial charge in [0, 0.05) is 55.3 Å². The van der Waals surface area contributed by atoms with Crippen molar-refractivity contribution in [3.05, 3.63) is 308 Å². The average Bonchev–Trinajstić information content (AvgIpc) is 1.55. The lowest BCUT2D eigenvalue weighted by Gasteiger charge is -2.28. The van der Waals surface area contributed by atoms with Crippen molar-refractivity contribution in [2.24, 2.45) is 0 Å². The normalized spacial score (nSPS) is 12.8. The smallest absolute Gasteiger partial charge is 0.164 e. The molecule has 2 aromatic heterocycles. The molecule has 16 aromatic carbocycles. The lowest BCUT2D eigenvalue weighted by molar-refractivity contribution is 0.673. The molecule has 0 unspecified atom stereocenters. The first kappa shape index (κ1) is 51.3. The van der Waals surface area contributed by atoms with E-state index in [9.17, 15) is 0 Å². The second-order valence-electron chi connectivity index (χ2n) is 25.0. The Morgan fingerprint density at radius 2 is 0.802 bits per heavy atom. The summed E-state index contributed by atoms with van der Waals surface area (Å²) >= 11 is 0. The van der Waals surface area contributed by atoms with E-state index in [1.54, 1.807) is 0 Å². The summed E-state index contributed by atoms with van der Waals surface area (Å²) in [6.07, 6.45) is 0. The summed E-state index contributed by atoms with van der Waals surface area (Å²) in [5.74, 6) is 1.88. The molecule has 0 bridgehead atoms. The summed E-state index contributed by atoms with van der Waals surface area (Å²) in [5, 5.41) is 20.2. The maximum Gasteiger partial charge on any atom is 0.164 e. The van der Waals surface area contributed by atoms with E-state index in [-0.39, 0.29) is 0 Å². The van der Waals surface area contributed by atoms with Gasteiger partial charge in [0.1, 0.15) is 0 Å². The van der Waals surface area contributed by atoms with Gasteiger partial charge in [-0.1, -0.05) is 250 Å². The zero-order valence-electron chi connectivity index (χ0n) is 50.0. The third-order valence-corrected chi connectivity index (χ3v) is 19.6. The third kappa shape index (κ3) is 7.68. The summed E-state index contributed by atoms with van der Waals surface area (Å²) in [4.78, 5) is 17.9. The molecule has 0 radical (unpaired) electrons. The van der Waals surface area contributed by atoms with E-state index >= 15 is 0 Å². The Morgan fingerprint density at radius 1 is 0.286 bits per heavy atom. The van der Waals surface area contributed by atoms with E-state index in [0.717, 1.165) is 56.0 Å². The van der Waals surface area contributed by atoms with Crippen LogP contribution in [0.3, 0.4) is 0 Å². The highest BCUT2D eigenvalue weighted by Crippen LogP contribution is 2.57. The monoisotopic (exact) mass is 1160 g/mol. The molecular weight excluding hydrogens is 1100 g/mol. The van der Waals surface area contributed by atoms with Crippen LogP contribution in [0.15, 0.2) is 297 Å². The molecule has 0 atom stereocenters. The highest BCUT2D eigenvalue weighted by molar-refractivity contribution is 6.29. The maximum absolute atomic E-state index is 5.21. The number of hydrogen-bond donors (Lipinski definition) is 0. The first-order valence-electron chi connectivity index (χ1n) is 31.4. The molecule has 1 aliphatic carbocycles. The van der Waals surface area contributed by atoms with E-state index in [1.165, 1.54) is 114 Å². The van der Waals surface area contributed by atoms with Gasteiger partial charge in [0.05, 0.1) is 16.7 Å². The fraction of sp³-hybridized carbons (Fsp3) is 0.0349. The predicted molar refractivity (Wildman–Crippen MR) is 382 cm³/mol. The summed E-state index contributed by atoms with van der Waals surface area (Å²) in [6, 6.07) is 109. The van der Waals surface area contributed by atoms with Crippen LogP contribution in [-0.2, 0) is 5.41 Å². The molecule has 5 nitrogen and oxygen atoms in total. The van der Waals surface area contributed by atoms with Gasteiger partial charge < -0.3 is 9.47 Å². The lowest BCUT2D eigenvalue weighted by Crippen LogP contribution is -2.16. The second kappa shape index (κ2) is 19.6. The summed E-state index contributed by atoms with van der Waals surface area (Å²) in [5.41, 5.74) is 16.6. The number of para-hydroxylation sites is 1. The van der Waals surface area contributed by atoms with Gasteiger partial charge in [-0.15, -0.1) is 0 Å². The molecule has 91 heavy (non-hydrogen) atoms. The molecule has 0 saturated heterocycles. The van der Waals surface area contributed by atoms with E-state index in [0.29, 0.717) is 17.5 Å². The summed E-state index contributed by atoms with van der Waals surface area (Å²) in [7, 11) is 0. The summed E-state index contributed by atoms with van der Waals surface area (Å²) < 4.78 is 2.47. The van der Waals surface area contributed by atoms with Crippen molar-refractivity contribution in [2.45, 2.75) is 19.3 Å². The Balaban J connectivity index is 0.820. The Kier molecular flexibility index (Phi) is 11.0. The average molecular weight is 1160 g/mol. The topological polar surface area (TPSA) is 46.8 Å². The highest BCUT2D eigenvalue weighted by Gasteiger charge is 2.40. The Bertz CT molecular complexity index is 5940. The van der Waals surface area contributed by atoms with Gasteiger partial charge in [-0.25, -0.2) is 15.0 Å². The van der Waals surface area contributed by atoms with E-state index < -0.39 is 5.41 Å². The largest absolute Gasteiger partial charge is 0.310 e. The minimum atomic E-state index is -0.409. The quantitative estimate of drug-likeness (QED) is 0.142.